The molecule has 0 saturated carbocycles. The lowest BCUT2D eigenvalue weighted by Crippen LogP contribution is -2.35. The standard InChI is InChI=1S/C12H22N4O3S/c1-4-9(3)15-11(17)6-7-14-20(18,19)12-8-13-10(5-2)16-12/h8-9,14H,4-7H2,1-3H3,(H,13,16)(H,15,17). The maximum atomic E-state index is 11.9. The third kappa shape index (κ3) is 4.93. The Morgan fingerprint density at radius 1 is 1.45 bits per heavy atom. The fourth-order valence-corrected chi connectivity index (χ4v) is 2.46. The van der Waals surface area contributed by atoms with Crippen LogP contribution in [0, 0.1) is 0 Å². The summed E-state index contributed by atoms with van der Waals surface area (Å²) in [6, 6.07) is 0.0961. The van der Waals surface area contributed by atoms with Gasteiger partial charge in [0, 0.05) is 25.4 Å². The van der Waals surface area contributed by atoms with Crippen molar-refractivity contribution < 1.29 is 13.2 Å². The molecule has 1 atom stereocenters. The third-order valence-electron chi connectivity index (χ3n) is 2.89. The number of sulfonamides is 1. The van der Waals surface area contributed by atoms with Crippen molar-refractivity contribution >= 4 is 15.9 Å². The summed E-state index contributed by atoms with van der Waals surface area (Å²) < 4.78 is 26.2. The van der Waals surface area contributed by atoms with Gasteiger partial charge in [-0.1, -0.05) is 13.8 Å². The molecule has 1 aromatic rings. The topological polar surface area (TPSA) is 104 Å². The summed E-state index contributed by atoms with van der Waals surface area (Å²) in [5.74, 6) is 0.445. The van der Waals surface area contributed by atoms with Crippen molar-refractivity contribution in [3.8, 4) is 0 Å². The second-order valence-corrected chi connectivity index (χ2v) is 6.31. The van der Waals surface area contributed by atoms with Crippen molar-refractivity contribution in [3.05, 3.63) is 12.0 Å². The number of amides is 1. The Hall–Kier alpha value is -1.41. The van der Waals surface area contributed by atoms with Crippen LogP contribution in [0.1, 0.15) is 39.4 Å². The van der Waals surface area contributed by atoms with Crippen LogP contribution in [0.2, 0.25) is 0 Å². The number of H-pyrrole nitrogens is 1. The van der Waals surface area contributed by atoms with Gasteiger partial charge in [-0.2, -0.15) is 0 Å². The molecule has 0 bridgehead atoms. The highest BCUT2D eigenvalue weighted by Gasteiger charge is 2.17. The number of aromatic nitrogens is 2. The number of nitrogens with one attached hydrogen (secondary N) is 3. The molecule has 1 unspecified atom stereocenters. The lowest BCUT2D eigenvalue weighted by atomic mass is 10.2. The second-order valence-electron chi connectivity index (χ2n) is 4.57. The molecule has 0 aliphatic heterocycles. The van der Waals surface area contributed by atoms with Crippen LogP contribution < -0.4 is 10.0 Å². The van der Waals surface area contributed by atoms with Crippen molar-refractivity contribution in [2.75, 3.05) is 6.54 Å². The van der Waals surface area contributed by atoms with Crippen LogP contribution in [0.15, 0.2) is 11.2 Å². The molecule has 0 fully saturated rings. The highest BCUT2D eigenvalue weighted by Crippen LogP contribution is 2.05. The number of imidazole rings is 1. The van der Waals surface area contributed by atoms with Crippen molar-refractivity contribution in [1.82, 2.24) is 20.0 Å². The van der Waals surface area contributed by atoms with E-state index in [0.29, 0.717) is 12.2 Å². The van der Waals surface area contributed by atoms with Crippen LogP contribution in [0.25, 0.3) is 0 Å². The van der Waals surface area contributed by atoms with E-state index in [1.807, 2.05) is 20.8 Å². The van der Waals surface area contributed by atoms with Crippen LogP contribution in [0.4, 0.5) is 0 Å². The van der Waals surface area contributed by atoms with E-state index in [1.165, 1.54) is 6.20 Å². The van der Waals surface area contributed by atoms with Gasteiger partial charge in [-0.3, -0.25) is 4.79 Å². The number of aromatic amines is 1. The van der Waals surface area contributed by atoms with Crippen LogP contribution in [0.5, 0.6) is 0 Å². The zero-order valence-electron chi connectivity index (χ0n) is 12.1. The van der Waals surface area contributed by atoms with E-state index in [0.717, 1.165) is 6.42 Å². The molecule has 7 nitrogen and oxygen atoms in total. The molecule has 20 heavy (non-hydrogen) atoms. The molecule has 0 aliphatic carbocycles. The van der Waals surface area contributed by atoms with Gasteiger partial charge in [0.25, 0.3) is 10.0 Å². The van der Waals surface area contributed by atoms with Crippen molar-refractivity contribution in [1.29, 1.82) is 0 Å². The van der Waals surface area contributed by atoms with E-state index >= 15 is 0 Å². The Balaban J connectivity index is 2.46. The quantitative estimate of drug-likeness (QED) is 0.652. The Morgan fingerprint density at radius 3 is 2.70 bits per heavy atom. The number of aryl methyl sites for hydroxylation is 1. The molecule has 1 amide bonds. The molecular formula is C12H22N4O3S. The number of carbonyl (C=O) groups is 1. The summed E-state index contributed by atoms with van der Waals surface area (Å²) in [5.41, 5.74) is 0. The van der Waals surface area contributed by atoms with Crippen LogP contribution in [-0.4, -0.2) is 36.9 Å². The Morgan fingerprint density at radius 2 is 2.15 bits per heavy atom. The van der Waals surface area contributed by atoms with Crippen LogP contribution in [-0.2, 0) is 21.2 Å². The van der Waals surface area contributed by atoms with Crippen molar-refractivity contribution in [3.63, 3.8) is 0 Å². The van der Waals surface area contributed by atoms with Gasteiger partial charge >= 0.3 is 0 Å². The molecular weight excluding hydrogens is 280 g/mol. The fraction of sp³-hybridized carbons (Fsp3) is 0.667. The van der Waals surface area contributed by atoms with E-state index in [4.69, 9.17) is 0 Å². The van der Waals surface area contributed by atoms with Crippen LogP contribution in [0.3, 0.4) is 0 Å². The number of nitrogens with zero attached hydrogens (tertiary/aromatic N) is 1. The summed E-state index contributed by atoms with van der Waals surface area (Å²) in [7, 11) is -3.63. The Kier molecular flexibility index (Phi) is 6.15. The van der Waals surface area contributed by atoms with E-state index < -0.39 is 10.0 Å². The zero-order chi connectivity index (χ0) is 15.2. The second kappa shape index (κ2) is 7.39. The van der Waals surface area contributed by atoms with Gasteiger partial charge in [0.15, 0.2) is 5.03 Å². The van der Waals surface area contributed by atoms with Crippen molar-refractivity contribution in [2.45, 2.75) is 51.1 Å². The summed E-state index contributed by atoms with van der Waals surface area (Å²) in [5, 5.41) is 2.80. The Labute approximate surface area is 119 Å². The minimum atomic E-state index is -3.63. The first-order valence-corrected chi connectivity index (χ1v) is 8.20. The van der Waals surface area contributed by atoms with Gasteiger partial charge in [0.1, 0.15) is 5.82 Å². The molecule has 8 heteroatoms. The number of rotatable bonds is 8. The minimum absolute atomic E-state index is 0.0247. The van der Waals surface area contributed by atoms with Gasteiger partial charge in [0.05, 0.1) is 6.20 Å². The number of hydrogen-bond donors (Lipinski definition) is 3. The summed E-state index contributed by atoms with van der Waals surface area (Å²) in [6.45, 7) is 5.81. The smallest absolute Gasteiger partial charge is 0.257 e. The minimum Gasteiger partial charge on any atom is -0.354 e. The molecule has 1 aromatic heterocycles. The summed E-state index contributed by atoms with van der Waals surface area (Å²) in [6.07, 6.45) is 2.86. The molecule has 1 heterocycles. The van der Waals surface area contributed by atoms with E-state index in [2.05, 4.69) is 20.0 Å². The number of carbonyl (C=O) groups excluding carboxylic acids is 1. The summed E-state index contributed by atoms with van der Waals surface area (Å²) >= 11 is 0. The highest BCUT2D eigenvalue weighted by molar-refractivity contribution is 7.89. The van der Waals surface area contributed by atoms with Gasteiger partial charge in [-0.05, 0) is 13.3 Å². The molecule has 0 saturated heterocycles. The van der Waals surface area contributed by atoms with Gasteiger partial charge < -0.3 is 10.3 Å². The molecule has 0 aromatic carbocycles. The lowest BCUT2D eigenvalue weighted by Gasteiger charge is -2.11. The first-order valence-electron chi connectivity index (χ1n) is 6.72. The van der Waals surface area contributed by atoms with Gasteiger partial charge in [-0.15, -0.1) is 0 Å². The molecule has 0 radical (unpaired) electrons. The maximum Gasteiger partial charge on any atom is 0.257 e. The normalized spacial score (nSPS) is 13.2. The molecule has 0 spiro atoms. The highest BCUT2D eigenvalue weighted by atomic mass is 32.2. The van der Waals surface area contributed by atoms with Crippen LogP contribution >= 0.6 is 0 Å². The molecule has 114 valence electrons. The predicted molar refractivity (Wildman–Crippen MR) is 75.7 cm³/mol. The van der Waals surface area contributed by atoms with E-state index in [-0.39, 0.29) is 29.9 Å². The van der Waals surface area contributed by atoms with Gasteiger partial charge in [-0.25, -0.2) is 18.1 Å². The fourth-order valence-electron chi connectivity index (χ4n) is 1.49. The average Bonchev–Trinajstić information content (AvgIpc) is 2.87. The SMILES string of the molecule is CCc1ncc(S(=O)(=O)NCCC(=O)NC(C)CC)[nH]1. The van der Waals surface area contributed by atoms with E-state index in [9.17, 15) is 13.2 Å². The lowest BCUT2D eigenvalue weighted by molar-refractivity contribution is -0.121. The zero-order valence-corrected chi connectivity index (χ0v) is 12.9. The molecule has 0 aliphatic rings. The van der Waals surface area contributed by atoms with Gasteiger partial charge in [0.2, 0.25) is 5.91 Å². The Bertz CT molecular complexity index is 539. The summed E-state index contributed by atoms with van der Waals surface area (Å²) in [4.78, 5) is 18.2. The first kappa shape index (κ1) is 16.6. The van der Waals surface area contributed by atoms with Crippen molar-refractivity contribution in [2.24, 2.45) is 0 Å². The van der Waals surface area contributed by atoms with E-state index in [1.54, 1.807) is 0 Å². The number of hydrogen-bond acceptors (Lipinski definition) is 4. The largest absolute Gasteiger partial charge is 0.354 e. The average molecular weight is 302 g/mol. The first-order chi connectivity index (χ1) is 9.39. The molecule has 3 N–H and O–H groups in total. The monoisotopic (exact) mass is 302 g/mol. The molecule has 1 rings (SSSR count). The predicted octanol–water partition coefficient (Wildman–Crippen LogP) is 0.555. The maximum absolute atomic E-state index is 11.9. The third-order valence-corrected chi connectivity index (χ3v) is 4.26.